The van der Waals surface area contributed by atoms with Gasteiger partial charge in [0.15, 0.2) is 0 Å². The average molecular weight is 446 g/mol. The number of hydrogen-bond acceptors (Lipinski definition) is 8. The maximum Gasteiger partial charge on any atom is 0.338 e. The number of non-ortho nitro benzene ring substituents is 1. The molecule has 1 atom stereocenters. The lowest BCUT2D eigenvalue weighted by Crippen LogP contribution is -2.29. The highest BCUT2D eigenvalue weighted by molar-refractivity contribution is 7.99. The number of rotatable bonds is 10. The molecule has 0 bridgehead atoms. The van der Waals surface area contributed by atoms with Crippen molar-refractivity contribution < 1.29 is 14.5 Å². The Bertz CT molecular complexity index is 971. The lowest BCUT2D eigenvalue weighted by molar-refractivity contribution is -0.384. The summed E-state index contributed by atoms with van der Waals surface area (Å²) in [5.74, 6) is 0.999. The van der Waals surface area contributed by atoms with E-state index in [4.69, 9.17) is 4.74 Å². The number of carbonyl (C=O) groups excluding carboxylic acids is 1. The van der Waals surface area contributed by atoms with Crippen molar-refractivity contribution in [3.05, 3.63) is 51.2 Å². The van der Waals surface area contributed by atoms with Gasteiger partial charge in [0.05, 0.1) is 17.1 Å². The fourth-order valence-corrected chi connectivity index (χ4v) is 4.27. The number of allylic oxidation sites excluding steroid dienone is 1. The molecule has 0 fully saturated rings. The van der Waals surface area contributed by atoms with Crippen molar-refractivity contribution in [1.82, 2.24) is 14.8 Å². The third kappa shape index (κ3) is 5.25. The first-order chi connectivity index (χ1) is 15.0. The summed E-state index contributed by atoms with van der Waals surface area (Å²) in [6, 6.07) is 5.55. The molecule has 1 N–H and O–H groups in total. The first-order valence-corrected chi connectivity index (χ1v) is 11.4. The highest BCUT2D eigenvalue weighted by Crippen LogP contribution is 2.37. The van der Waals surface area contributed by atoms with E-state index in [9.17, 15) is 14.9 Å². The van der Waals surface area contributed by atoms with E-state index < -0.39 is 16.9 Å². The van der Waals surface area contributed by atoms with Crippen LogP contribution in [0.5, 0.6) is 0 Å². The third-order valence-corrected chi connectivity index (χ3v) is 5.90. The molecule has 0 amide bonds. The summed E-state index contributed by atoms with van der Waals surface area (Å²) in [4.78, 5) is 27.9. The number of carbonyl (C=O) groups is 1. The van der Waals surface area contributed by atoms with Crippen molar-refractivity contribution in [2.45, 2.75) is 57.7 Å². The number of hydrogen-bond donors (Lipinski definition) is 1. The number of nitro groups is 1. The van der Waals surface area contributed by atoms with Crippen LogP contribution in [0.2, 0.25) is 0 Å². The highest BCUT2D eigenvalue weighted by atomic mass is 32.2. The van der Waals surface area contributed by atoms with E-state index in [2.05, 4.69) is 22.3 Å². The van der Waals surface area contributed by atoms with E-state index >= 15 is 0 Å². The largest absolute Gasteiger partial charge is 0.463 e. The summed E-state index contributed by atoms with van der Waals surface area (Å²) in [5.41, 5.74) is 1.71. The van der Waals surface area contributed by atoms with Gasteiger partial charge in [-0.05, 0) is 38.0 Å². The molecule has 1 aliphatic rings. The van der Waals surface area contributed by atoms with Gasteiger partial charge in [0.2, 0.25) is 11.1 Å². The molecule has 2 aromatic rings. The quantitative estimate of drug-likeness (QED) is 0.184. The van der Waals surface area contributed by atoms with Gasteiger partial charge in [0.25, 0.3) is 5.69 Å². The van der Waals surface area contributed by atoms with E-state index in [-0.39, 0.29) is 12.3 Å². The molecular formula is C21H27N5O4S. The molecule has 31 heavy (non-hydrogen) atoms. The van der Waals surface area contributed by atoms with Gasteiger partial charge in [0, 0.05) is 23.6 Å². The minimum absolute atomic E-state index is 0.0155. The highest BCUT2D eigenvalue weighted by Gasteiger charge is 2.35. The molecule has 0 saturated carbocycles. The third-order valence-electron chi connectivity index (χ3n) is 4.98. The van der Waals surface area contributed by atoms with Crippen molar-refractivity contribution in [3.8, 4) is 0 Å². The van der Waals surface area contributed by atoms with Crippen LogP contribution in [-0.4, -0.2) is 38.0 Å². The molecule has 0 aliphatic carbocycles. The smallest absolute Gasteiger partial charge is 0.338 e. The molecule has 0 unspecified atom stereocenters. The molecule has 1 aliphatic heterocycles. The minimum atomic E-state index is -0.585. The van der Waals surface area contributed by atoms with Gasteiger partial charge < -0.3 is 10.1 Å². The molecule has 10 heteroatoms. The van der Waals surface area contributed by atoms with Crippen LogP contribution in [-0.2, 0) is 9.53 Å². The van der Waals surface area contributed by atoms with Crippen molar-refractivity contribution in [2.24, 2.45) is 0 Å². The Morgan fingerprint density at radius 3 is 2.65 bits per heavy atom. The molecule has 9 nitrogen and oxygen atoms in total. The summed E-state index contributed by atoms with van der Waals surface area (Å²) in [7, 11) is 0. The zero-order valence-corrected chi connectivity index (χ0v) is 18.8. The summed E-state index contributed by atoms with van der Waals surface area (Å²) < 4.78 is 6.94. The molecule has 0 spiro atoms. The second-order valence-corrected chi connectivity index (χ2v) is 8.27. The fraction of sp³-hybridized carbons (Fsp3) is 0.476. The van der Waals surface area contributed by atoms with Crippen LogP contribution >= 0.6 is 11.8 Å². The van der Waals surface area contributed by atoms with E-state index in [0.717, 1.165) is 12.2 Å². The molecular weight excluding hydrogens is 418 g/mol. The number of nitrogens with one attached hydrogen (secondary N) is 1. The Morgan fingerprint density at radius 1 is 1.26 bits per heavy atom. The molecule has 3 rings (SSSR count). The van der Waals surface area contributed by atoms with Crippen LogP contribution in [0.1, 0.15) is 58.1 Å². The zero-order chi connectivity index (χ0) is 22.4. The molecule has 1 aromatic carbocycles. The van der Waals surface area contributed by atoms with Crippen molar-refractivity contribution in [2.75, 3.05) is 17.7 Å². The number of anilines is 1. The Kier molecular flexibility index (Phi) is 7.67. The number of thioether (sulfide) groups is 1. The molecule has 166 valence electrons. The number of esters is 1. The summed E-state index contributed by atoms with van der Waals surface area (Å²) in [6.07, 6.45) is 4.66. The summed E-state index contributed by atoms with van der Waals surface area (Å²) >= 11 is 1.58. The van der Waals surface area contributed by atoms with E-state index in [1.165, 1.54) is 31.4 Å². The number of nitro benzene ring substituents is 1. The standard InChI is InChI=1S/C21H27N5O4S/c1-4-6-7-8-13-31-21-23-20-22-14(3)17(19(27)30-5-2)18(25(20)24-21)15-9-11-16(12-10-15)26(28)29/h9-12,18H,4-8,13H2,1-3H3,(H,22,23,24)/t18-/m0/s1. The van der Waals surface area contributed by atoms with Crippen LogP contribution in [0.4, 0.5) is 11.6 Å². The predicted molar refractivity (Wildman–Crippen MR) is 119 cm³/mol. The first-order valence-electron chi connectivity index (χ1n) is 10.4. The van der Waals surface area contributed by atoms with E-state index in [1.807, 2.05) is 0 Å². The number of unbranched alkanes of at least 4 members (excludes halogenated alkanes) is 3. The minimum Gasteiger partial charge on any atom is -0.463 e. The van der Waals surface area contributed by atoms with E-state index in [0.29, 0.717) is 27.9 Å². The van der Waals surface area contributed by atoms with Crippen LogP contribution in [0.25, 0.3) is 0 Å². The zero-order valence-electron chi connectivity index (χ0n) is 18.0. The number of benzene rings is 1. The lowest BCUT2D eigenvalue weighted by Gasteiger charge is -2.28. The summed E-state index contributed by atoms with van der Waals surface area (Å²) in [6.45, 7) is 5.96. The van der Waals surface area contributed by atoms with Crippen LogP contribution in [0.3, 0.4) is 0 Å². The topological polar surface area (TPSA) is 112 Å². The van der Waals surface area contributed by atoms with Gasteiger partial charge >= 0.3 is 5.97 Å². The van der Waals surface area contributed by atoms with Crippen molar-refractivity contribution in [3.63, 3.8) is 0 Å². The monoisotopic (exact) mass is 445 g/mol. The maximum atomic E-state index is 12.8. The van der Waals surface area contributed by atoms with Gasteiger partial charge in [-0.3, -0.25) is 10.1 Å². The number of ether oxygens (including phenoxy) is 1. The van der Waals surface area contributed by atoms with Gasteiger partial charge in [-0.25, -0.2) is 9.48 Å². The SMILES string of the molecule is CCCCCCSc1nc2n(n1)[C@@H](c1ccc([N+](=O)[O-])cc1)C(C(=O)OCC)=C(C)N2. The maximum absolute atomic E-state index is 12.8. The van der Waals surface area contributed by atoms with Crippen LogP contribution in [0.15, 0.2) is 40.7 Å². The number of nitrogens with zero attached hydrogens (tertiary/aromatic N) is 4. The molecule has 0 radical (unpaired) electrons. The Balaban J connectivity index is 1.93. The molecule has 1 aromatic heterocycles. The Labute approximate surface area is 185 Å². The van der Waals surface area contributed by atoms with Gasteiger partial charge in [-0.1, -0.05) is 37.9 Å². The van der Waals surface area contributed by atoms with Gasteiger partial charge in [-0.15, -0.1) is 5.10 Å². The van der Waals surface area contributed by atoms with Crippen molar-refractivity contribution >= 4 is 29.4 Å². The van der Waals surface area contributed by atoms with Crippen LogP contribution in [0, 0.1) is 10.1 Å². The van der Waals surface area contributed by atoms with Crippen LogP contribution < -0.4 is 5.32 Å². The lowest BCUT2D eigenvalue weighted by atomic mass is 9.95. The molecule has 0 saturated heterocycles. The molecule has 2 heterocycles. The first kappa shape index (κ1) is 22.8. The normalized spacial score (nSPS) is 15.4. The van der Waals surface area contributed by atoms with Gasteiger partial charge in [-0.2, -0.15) is 4.98 Å². The second kappa shape index (κ2) is 10.4. The Morgan fingerprint density at radius 2 is 2.00 bits per heavy atom. The predicted octanol–water partition coefficient (Wildman–Crippen LogP) is 4.71. The van der Waals surface area contributed by atoms with E-state index in [1.54, 1.807) is 42.4 Å². The summed E-state index contributed by atoms with van der Waals surface area (Å²) in [5, 5.41) is 19.5. The number of aromatic nitrogens is 3. The second-order valence-electron chi connectivity index (χ2n) is 7.21. The Hall–Kier alpha value is -2.88. The number of fused-ring (bicyclic) bond motifs is 1. The average Bonchev–Trinajstić information content (AvgIpc) is 3.15. The van der Waals surface area contributed by atoms with Gasteiger partial charge in [0.1, 0.15) is 6.04 Å². The van der Waals surface area contributed by atoms with Crippen molar-refractivity contribution in [1.29, 1.82) is 0 Å². The fourth-order valence-electron chi connectivity index (χ4n) is 3.44.